The number of aliphatic carboxylic acids is 1. The summed E-state index contributed by atoms with van der Waals surface area (Å²) in [5.41, 5.74) is 4.16. The largest absolute Gasteiger partial charge is 0.480 e. The Bertz CT molecular complexity index is 1820. The van der Waals surface area contributed by atoms with Gasteiger partial charge in [0.2, 0.25) is 17.7 Å². The van der Waals surface area contributed by atoms with Gasteiger partial charge in [0.25, 0.3) is 0 Å². The number of nitrogens with one attached hydrogen (secondary N) is 3. The lowest BCUT2D eigenvalue weighted by Gasteiger charge is -2.24. The minimum Gasteiger partial charge on any atom is -0.480 e. The number of rotatable bonds is 12. The predicted molar refractivity (Wildman–Crippen MR) is 169 cm³/mol. The molecule has 0 fully saturated rings. The van der Waals surface area contributed by atoms with Crippen molar-refractivity contribution >= 4 is 45.6 Å². The van der Waals surface area contributed by atoms with Gasteiger partial charge in [0.1, 0.15) is 29.0 Å². The van der Waals surface area contributed by atoms with Gasteiger partial charge in [-0.15, -0.1) is 0 Å². The number of hydrogen-bond donors (Lipinski definition) is 4. The standard InChI is InChI=1S/C34H39N3O8/c1-17(2)29(32(40)36-26(33(41)42)14-22-10-8-7-9-11-22)37-28(39)16-35-27(38)13-12-23-19(4)25-15-24-18(3)21(6)44-30(24)20(5)31(25)45-34(23)43/h7-11,15,17,26,29H,12-14,16H2,1-6H3,(H,35,38)(H,36,40)(H,37,39)(H,41,42). The molecule has 2 atom stereocenters. The molecule has 0 bridgehead atoms. The van der Waals surface area contributed by atoms with Crippen LogP contribution in [0.25, 0.3) is 21.9 Å². The second kappa shape index (κ2) is 13.8. The molecule has 0 radical (unpaired) electrons. The number of furan rings is 1. The smallest absolute Gasteiger partial charge is 0.339 e. The monoisotopic (exact) mass is 617 g/mol. The summed E-state index contributed by atoms with van der Waals surface area (Å²) in [6.45, 7) is 10.5. The second-order valence-electron chi connectivity index (χ2n) is 11.7. The van der Waals surface area contributed by atoms with E-state index in [1.165, 1.54) is 0 Å². The SMILES string of the molecule is Cc1oc2c(C)c3oc(=O)c(CCC(=O)NCC(=O)NC(C(=O)NC(Cc4ccccc4)C(=O)O)C(C)C)c(C)c3cc2c1C. The first kappa shape index (κ1) is 33.0. The van der Waals surface area contributed by atoms with Crippen LogP contribution in [0.4, 0.5) is 0 Å². The highest BCUT2D eigenvalue weighted by molar-refractivity contribution is 6.00. The van der Waals surface area contributed by atoms with Gasteiger partial charge in [-0.3, -0.25) is 14.4 Å². The van der Waals surface area contributed by atoms with Crippen molar-refractivity contribution in [1.29, 1.82) is 0 Å². The van der Waals surface area contributed by atoms with Gasteiger partial charge >= 0.3 is 11.6 Å². The molecular weight excluding hydrogens is 578 g/mol. The van der Waals surface area contributed by atoms with Gasteiger partial charge in [-0.25, -0.2) is 9.59 Å². The molecular formula is C34H39N3O8. The molecule has 0 saturated heterocycles. The van der Waals surface area contributed by atoms with Crippen LogP contribution in [0.3, 0.4) is 0 Å². The predicted octanol–water partition coefficient (Wildman–Crippen LogP) is 3.77. The van der Waals surface area contributed by atoms with Crippen molar-refractivity contribution in [1.82, 2.24) is 16.0 Å². The molecule has 2 unspecified atom stereocenters. The van der Waals surface area contributed by atoms with E-state index in [2.05, 4.69) is 16.0 Å². The lowest BCUT2D eigenvalue weighted by molar-refractivity contribution is -0.142. The first-order chi connectivity index (χ1) is 21.3. The highest BCUT2D eigenvalue weighted by atomic mass is 16.4. The van der Waals surface area contributed by atoms with Gasteiger partial charge in [-0.2, -0.15) is 0 Å². The van der Waals surface area contributed by atoms with E-state index in [0.29, 0.717) is 22.3 Å². The summed E-state index contributed by atoms with van der Waals surface area (Å²) in [5.74, 6) is -2.48. The lowest BCUT2D eigenvalue weighted by Crippen LogP contribution is -2.55. The third kappa shape index (κ3) is 7.42. The molecule has 2 heterocycles. The fourth-order valence-electron chi connectivity index (χ4n) is 5.36. The van der Waals surface area contributed by atoms with Crippen LogP contribution in [0, 0.1) is 33.6 Å². The Balaban J connectivity index is 1.36. The molecule has 11 heteroatoms. The maximum absolute atomic E-state index is 13.0. The van der Waals surface area contributed by atoms with E-state index >= 15 is 0 Å². The lowest BCUT2D eigenvalue weighted by atomic mass is 9.98. The Morgan fingerprint density at radius 3 is 2.13 bits per heavy atom. The van der Waals surface area contributed by atoms with Crippen LogP contribution in [-0.4, -0.2) is 47.4 Å². The maximum atomic E-state index is 13.0. The molecule has 2 aromatic heterocycles. The summed E-state index contributed by atoms with van der Waals surface area (Å²) in [4.78, 5) is 63.0. The highest BCUT2D eigenvalue weighted by Crippen LogP contribution is 2.34. The Hall–Kier alpha value is -4.93. The molecule has 4 aromatic rings. The number of carbonyl (C=O) groups is 4. The van der Waals surface area contributed by atoms with Crippen molar-refractivity contribution in [2.75, 3.05) is 6.54 Å². The van der Waals surface area contributed by atoms with Gasteiger partial charge < -0.3 is 29.9 Å². The molecule has 11 nitrogen and oxygen atoms in total. The topological polar surface area (TPSA) is 168 Å². The van der Waals surface area contributed by atoms with Crippen molar-refractivity contribution in [2.45, 2.75) is 72.9 Å². The van der Waals surface area contributed by atoms with Crippen molar-refractivity contribution in [3.63, 3.8) is 0 Å². The molecule has 0 aliphatic carbocycles. The summed E-state index contributed by atoms with van der Waals surface area (Å²) in [7, 11) is 0. The molecule has 0 saturated carbocycles. The summed E-state index contributed by atoms with van der Waals surface area (Å²) in [6, 6.07) is 8.63. The van der Waals surface area contributed by atoms with Crippen LogP contribution in [0.15, 0.2) is 50.0 Å². The van der Waals surface area contributed by atoms with Gasteiger partial charge in [0.05, 0.1) is 6.54 Å². The number of carboxylic acid groups (broad SMARTS) is 1. The van der Waals surface area contributed by atoms with Gasteiger partial charge in [0.15, 0.2) is 0 Å². The van der Waals surface area contributed by atoms with Crippen LogP contribution in [-0.2, 0) is 32.0 Å². The number of fused-ring (bicyclic) bond motifs is 2. The van der Waals surface area contributed by atoms with Gasteiger partial charge in [0, 0.05) is 34.7 Å². The highest BCUT2D eigenvalue weighted by Gasteiger charge is 2.29. The Kier molecular flexibility index (Phi) is 10.1. The van der Waals surface area contributed by atoms with Crippen molar-refractivity contribution in [2.24, 2.45) is 5.92 Å². The van der Waals surface area contributed by atoms with E-state index in [1.54, 1.807) is 38.1 Å². The van der Waals surface area contributed by atoms with E-state index in [4.69, 9.17) is 8.83 Å². The van der Waals surface area contributed by atoms with Crippen LogP contribution < -0.4 is 21.6 Å². The first-order valence-electron chi connectivity index (χ1n) is 14.9. The number of carbonyl (C=O) groups excluding carboxylic acids is 3. The number of amides is 3. The zero-order valence-electron chi connectivity index (χ0n) is 26.3. The Morgan fingerprint density at radius 2 is 1.49 bits per heavy atom. The fraction of sp³-hybridized carbons (Fsp3) is 0.382. The zero-order valence-corrected chi connectivity index (χ0v) is 26.3. The van der Waals surface area contributed by atoms with Crippen molar-refractivity contribution in [3.05, 3.63) is 80.4 Å². The minimum atomic E-state index is -1.20. The van der Waals surface area contributed by atoms with Gasteiger partial charge in [-0.05, 0) is 62.8 Å². The summed E-state index contributed by atoms with van der Waals surface area (Å²) < 4.78 is 11.5. The zero-order chi connectivity index (χ0) is 33.0. The van der Waals surface area contributed by atoms with Gasteiger partial charge in [-0.1, -0.05) is 44.2 Å². The number of aryl methyl sites for hydroxylation is 4. The molecule has 0 spiro atoms. The number of hydrogen-bond acceptors (Lipinski definition) is 7. The molecule has 4 N–H and O–H groups in total. The molecule has 0 aliphatic heterocycles. The van der Waals surface area contributed by atoms with Crippen LogP contribution in [0.2, 0.25) is 0 Å². The quantitative estimate of drug-likeness (QED) is 0.174. The van der Waals surface area contributed by atoms with Crippen LogP contribution in [0.1, 0.15) is 53.8 Å². The first-order valence-corrected chi connectivity index (χ1v) is 14.9. The van der Waals surface area contributed by atoms with Crippen LogP contribution >= 0.6 is 0 Å². The Labute approximate surface area is 260 Å². The molecule has 0 aliphatic rings. The van der Waals surface area contributed by atoms with E-state index in [1.807, 2.05) is 39.8 Å². The molecule has 3 amide bonds. The fourth-order valence-corrected chi connectivity index (χ4v) is 5.36. The third-order valence-electron chi connectivity index (χ3n) is 8.16. The van der Waals surface area contributed by atoms with E-state index in [-0.39, 0.29) is 25.2 Å². The second-order valence-corrected chi connectivity index (χ2v) is 11.7. The molecule has 4 rings (SSSR count). The number of benzene rings is 2. The normalized spacial score (nSPS) is 12.7. The summed E-state index contributed by atoms with van der Waals surface area (Å²) in [5, 5.41) is 19.0. The summed E-state index contributed by atoms with van der Waals surface area (Å²) in [6.07, 6.45) is 0.120. The van der Waals surface area contributed by atoms with E-state index < -0.39 is 47.9 Å². The third-order valence-corrected chi connectivity index (χ3v) is 8.16. The average molecular weight is 618 g/mol. The molecule has 45 heavy (non-hydrogen) atoms. The minimum absolute atomic E-state index is 0.0661. The molecule has 2 aromatic carbocycles. The van der Waals surface area contributed by atoms with E-state index in [9.17, 15) is 29.1 Å². The number of carboxylic acids is 1. The van der Waals surface area contributed by atoms with Crippen LogP contribution in [0.5, 0.6) is 0 Å². The maximum Gasteiger partial charge on any atom is 0.339 e. The van der Waals surface area contributed by atoms with Crippen molar-refractivity contribution in [3.8, 4) is 0 Å². The van der Waals surface area contributed by atoms with Crippen molar-refractivity contribution < 1.29 is 33.1 Å². The van der Waals surface area contributed by atoms with E-state index in [0.717, 1.165) is 33.2 Å². The Morgan fingerprint density at radius 1 is 0.844 bits per heavy atom. The average Bonchev–Trinajstić information content (AvgIpc) is 3.28. The summed E-state index contributed by atoms with van der Waals surface area (Å²) >= 11 is 0. The molecule has 238 valence electrons.